The molecule has 2 heterocycles. The summed E-state index contributed by atoms with van der Waals surface area (Å²) in [7, 11) is 1.80. The molecular formula is C12H15ClN6O. The number of anilines is 2. The highest BCUT2D eigenvalue weighted by atomic mass is 35.5. The van der Waals surface area contributed by atoms with E-state index in [1.54, 1.807) is 17.9 Å². The Morgan fingerprint density at radius 2 is 2.30 bits per heavy atom. The lowest BCUT2D eigenvalue weighted by atomic mass is 10.2. The van der Waals surface area contributed by atoms with Crippen LogP contribution in [0.5, 0.6) is 0 Å². The van der Waals surface area contributed by atoms with Gasteiger partial charge in [0.1, 0.15) is 0 Å². The molecule has 0 aliphatic carbocycles. The van der Waals surface area contributed by atoms with Gasteiger partial charge in [0.05, 0.1) is 22.0 Å². The van der Waals surface area contributed by atoms with Crippen LogP contribution in [0.1, 0.15) is 23.0 Å². The van der Waals surface area contributed by atoms with E-state index in [1.165, 1.54) is 12.3 Å². The number of carbonyl (C=O) groups excluding carboxylic acids is 1. The summed E-state index contributed by atoms with van der Waals surface area (Å²) in [5.41, 5.74) is 4.19. The molecule has 20 heavy (non-hydrogen) atoms. The molecule has 0 atom stereocenters. The molecule has 2 rings (SSSR count). The van der Waals surface area contributed by atoms with Crippen LogP contribution in [0.2, 0.25) is 5.02 Å². The number of rotatable bonds is 4. The van der Waals surface area contributed by atoms with E-state index in [4.69, 9.17) is 17.4 Å². The van der Waals surface area contributed by atoms with E-state index in [1.807, 2.05) is 6.92 Å². The van der Waals surface area contributed by atoms with Crippen molar-refractivity contribution in [3.63, 3.8) is 0 Å². The molecule has 0 unspecified atom stereocenters. The first-order chi connectivity index (χ1) is 9.55. The van der Waals surface area contributed by atoms with E-state index in [9.17, 15) is 4.79 Å². The van der Waals surface area contributed by atoms with Gasteiger partial charge in [0, 0.05) is 19.4 Å². The summed E-state index contributed by atoms with van der Waals surface area (Å²) in [6.45, 7) is 1.97. The molecule has 4 N–H and O–H groups in total. The number of nitrogens with one attached hydrogen (secondary N) is 2. The summed E-state index contributed by atoms with van der Waals surface area (Å²) in [5, 5.41) is 7.32. The van der Waals surface area contributed by atoms with Gasteiger partial charge in [-0.15, -0.1) is 0 Å². The second-order valence-corrected chi connectivity index (χ2v) is 4.58. The van der Waals surface area contributed by atoms with Gasteiger partial charge < -0.3 is 10.7 Å². The molecule has 2 aromatic rings. The molecule has 0 aliphatic rings. The summed E-state index contributed by atoms with van der Waals surface area (Å²) in [5.74, 6) is 5.25. The summed E-state index contributed by atoms with van der Waals surface area (Å²) in [6, 6.07) is 1.50. The number of hydrogen-bond donors (Lipinski definition) is 3. The van der Waals surface area contributed by atoms with E-state index in [0.717, 1.165) is 12.1 Å². The van der Waals surface area contributed by atoms with Crippen LogP contribution >= 0.6 is 11.6 Å². The fraction of sp³-hybridized carbons (Fsp3) is 0.250. The minimum Gasteiger partial charge on any atom is -0.319 e. The Morgan fingerprint density at radius 1 is 1.55 bits per heavy atom. The summed E-state index contributed by atoms with van der Waals surface area (Å²) in [6.07, 6.45) is 3.88. The highest BCUT2D eigenvalue weighted by molar-refractivity contribution is 6.33. The zero-order valence-corrected chi connectivity index (χ0v) is 11.9. The Hall–Kier alpha value is -2.12. The summed E-state index contributed by atoms with van der Waals surface area (Å²) in [4.78, 5) is 16.1. The van der Waals surface area contributed by atoms with Crippen molar-refractivity contribution in [2.75, 3.05) is 10.7 Å². The van der Waals surface area contributed by atoms with Gasteiger partial charge in [0.25, 0.3) is 5.91 Å². The lowest BCUT2D eigenvalue weighted by molar-refractivity contribution is 0.102. The molecule has 0 bridgehead atoms. The van der Waals surface area contributed by atoms with Crippen LogP contribution in [-0.2, 0) is 13.5 Å². The van der Waals surface area contributed by atoms with Crippen molar-refractivity contribution >= 4 is 29.0 Å². The number of pyridine rings is 1. The highest BCUT2D eigenvalue weighted by Crippen LogP contribution is 2.20. The third-order valence-electron chi connectivity index (χ3n) is 2.73. The first-order valence-electron chi connectivity index (χ1n) is 6.01. The first-order valence-corrected chi connectivity index (χ1v) is 6.39. The summed E-state index contributed by atoms with van der Waals surface area (Å²) >= 11 is 5.94. The number of hydrazine groups is 1. The molecule has 1 amide bonds. The molecule has 7 nitrogen and oxygen atoms in total. The fourth-order valence-electron chi connectivity index (χ4n) is 1.76. The first kappa shape index (κ1) is 14.3. The van der Waals surface area contributed by atoms with Gasteiger partial charge >= 0.3 is 0 Å². The molecule has 8 heteroatoms. The Morgan fingerprint density at radius 3 is 2.90 bits per heavy atom. The maximum atomic E-state index is 12.1. The van der Waals surface area contributed by atoms with Crippen LogP contribution in [0.25, 0.3) is 0 Å². The second-order valence-electron chi connectivity index (χ2n) is 4.17. The molecular weight excluding hydrogens is 280 g/mol. The molecule has 106 valence electrons. The minimum atomic E-state index is -0.300. The molecule has 0 saturated carbocycles. The number of nitrogens with zero attached hydrogens (tertiary/aromatic N) is 3. The zero-order valence-electron chi connectivity index (χ0n) is 11.1. The minimum absolute atomic E-state index is 0.280. The summed E-state index contributed by atoms with van der Waals surface area (Å²) < 4.78 is 1.65. The topological polar surface area (TPSA) is 97.9 Å². The molecule has 0 aromatic carbocycles. The van der Waals surface area contributed by atoms with Crippen molar-refractivity contribution in [1.82, 2.24) is 14.8 Å². The van der Waals surface area contributed by atoms with Gasteiger partial charge in [-0.1, -0.05) is 18.5 Å². The van der Waals surface area contributed by atoms with E-state index >= 15 is 0 Å². The van der Waals surface area contributed by atoms with Crippen LogP contribution in [-0.4, -0.2) is 20.7 Å². The lowest BCUT2D eigenvalue weighted by Crippen LogP contribution is -2.14. The van der Waals surface area contributed by atoms with E-state index in [0.29, 0.717) is 17.1 Å². The van der Waals surface area contributed by atoms with Gasteiger partial charge in [-0.25, -0.2) is 10.8 Å². The highest BCUT2D eigenvalue weighted by Gasteiger charge is 2.13. The molecule has 0 saturated heterocycles. The monoisotopic (exact) mass is 294 g/mol. The van der Waals surface area contributed by atoms with Crippen molar-refractivity contribution in [3.05, 3.63) is 34.7 Å². The van der Waals surface area contributed by atoms with Crippen LogP contribution in [0.3, 0.4) is 0 Å². The van der Waals surface area contributed by atoms with Gasteiger partial charge in [0.15, 0.2) is 5.82 Å². The average molecular weight is 295 g/mol. The van der Waals surface area contributed by atoms with E-state index in [-0.39, 0.29) is 10.9 Å². The predicted molar refractivity (Wildman–Crippen MR) is 77.6 cm³/mol. The van der Waals surface area contributed by atoms with Crippen molar-refractivity contribution in [3.8, 4) is 0 Å². The van der Waals surface area contributed by atoms with E-state index in [2.05, 4.69) is 20.8 Å². The quantitative estimate of drug-likeness (QED) is 0.587. The van der Waals surface area contributed by atoms with Crippen molar-refractivity contribution < 1.29 is 4.79 Å². The maximum Gasteiger partial charge on any atom is 0.257 e. The maximum absolute atomic E-state index is 12.1. The zero-order chi connectivity index (χ0) is 14.7. The number of nitrogens with two attached hydrogens (primary N) is 1. The molecule has 0 aliphatic heterocycles. The molecule has 2 aromatic heterocycles. The van der Waals surface area contributed by atoms with Crippen molar-refractivity contribution in [2.45, 2.75) is 13.3 Å². The Balaban J connectivity index is 2.21. The molecule has 0 fully saturated rings. The largest absolute Gasteiger partial charge is 0.319 e. The van der Waals surface area contributed by atoms with Crippen LogP contribution < -0.4 is 16.6 Å². The van der Waals surface area contributed by atoms with Gasteiger partial charge in [-0.2, -0.15) is 5.10 Å². The number of amides is 1. The van der Waals surface area contributed by atoms with Crippen LogP contribution in [0.15, 0.2) is 18.5 Å². The fourth-order valence-corrected chi connectivity index (χ4v) is 1.98. The van der Waals surface area contributed by atoms with Crippen molar-refractivity contribution in [1.29, 1.82) is 0 Å². The number of hydrogen-bond acceptors (Lipinski definition) is 5. The number of aromatic nitrogens is 3. The Bertz CT molecular complexity index is 639. The van der Waals surface area contributed by atoms with Crippen LogP contribution in [0, 0.1) is 0 Å². The third kappa shape index (κ3) is 2.89. The normalized spacial score (nSPS) is 10.4. The average Bonchev–Trinajstić information content (AvgIpc) is 2.78. The Labute approximate surface area is 121 Å². The standard InChI is InChI=1S/C12H15ClN6O/c1-3-9-10(6-19(2)18-9)16-12(20)7-4-8(13)11(17-14)15-5-7/h4-6H,3,14H2,1-2H3,(H,15,17)(H,16,20). The Kier molecular flexibility index (Phi) is 4.21. The van der Waals surface area contributed by atoms with Crippen molar-refractivity contribution in [2.24, 2.45) is 12.9 Å². The van der Waals surface area contributed by atoms with Gasteiger partial charge in [-0.05, 0) is 12.5 Å². The SMILES string of the molecule is CCc1nn(C)cc1NC(=O)c1cnc(NN)c(Cl)c1. The molecule has 0 radical (unpaired) electrons. The third-order valence-corrected chi connectivity index (χ3v) is 3.02. The van der Waals surface area contributed by atoms with Crippen LogP contribution in [0.4, 0.5) is 11.5 Å². The second kappa shape index (κ2) is 5.89. The van der Waals surface area contributed by atoms with Gasteiger partial charge in [0.2, 0.25) is 0 Å². The number of halogens is 1. The predicted octanol–water partition coefficient (Wildman–Crippen LogP) is 1.57. The number of nitrogen functional groups attached to an aromatic ring is 1. The van der Waals surface area contributed by atoms with Gasteiger partial charge in [-0.3, -0.25) is 9.48 Å². The number of aryl methyl sites for hydroxylation is 2. The van der Waals surface area contributed by atoms with E-state index < -0.39 is 0 Å². The smallest absolute Gasteiger partial charge is 0.257 e. The molecule has 0 spiro atoms. The lowest BCUT2D eigenvalue weighted by Gasteiger charge is -2.06. The number of carbonyl (C=O) groups is 1.